The molecule has 114 valence electrons. The summed E-state index contributed by atoms with van der Waals surface area (Å²) in [4.78, 5) is 0. The molecule has 0 radical (unpaired) electrons. The van der Waals surface area contributed by atoms with E-state index in [9.17, 15) is 0 Å². The summed E-state index contributed by atoms with van der Waals surface area (Å²) < 4.78 is 0. The van der Waals surface area contributed by atoms with Crippen molar-refractivity contribution >= 4 is 40.3 Å². The van der Waals surface area contributed by atoms with Gasteiger partial charge in [0.15, 0.2) is 0 Å². The van der Waals surface area contributed by atoms with Gasteiger partial charge >= 0.3 is 50.2 Å². The Bertz CT molecular complexity index is 302. The van der Waals surface area contributed by atoms with E-state index in [-0.39, 0.29) is 12.3 Å². The molecule has 0 aliphatic heterocycles. The molecule has 2 nitrogen and oxygen atoms in total. The van der Waals surface area contributed by atoms with Gasteiger partial charge in [0.2, 0.25) is 0 Å². The summed E-state index contributed by atoms with van der Waals surface area (Å²) in [6.07, 6.45) is 4.22. The molecule has 0 unspecified atom stereocenters. The first-order valence-corrected chi connectivity index (χ1v) is 16.6. The third-order valence-corrected chi connectivity index (χ3v) is 2.76. The van der Waals surface area contributed by atoms with E-state index in [0.29, 0.717) is 10.8 Å². The molecule has 0 spiro atoms. The molecule has 0 aromatic heterocycles. The van der Waals surface area contributed by atoms with Gasteiger partial charge in [-0.05, 0) is 36.0 Å². The Hall–Kier alpha value is 1.75. The van der Waals surface area contributed by atoms with E-state index >= 15 is 0 Å². The van der Waals surface area contributed by atoms with Gasteiger partial charge in [-0.2, -0.15) is 0 Å². The molecule has 1 fully saturated rings. The Morgan fingerprint density at radius 1 is 0.944 bits per heavy atom. The fourth-order valence-electron chi connectivity index (χ4n) is 3.40. The van der Waals surface area contributed by atoms with Crippen molar-refractivity contribution in [1.29, 1.82) is 0 Å². The maximum atomic E-state index is 4.46. The van der Waals surface area contributed by atoms with E-state index in [1.54, 1.807) is 0 Å². The van der Waals surface area contributed by atoms with Crippen LogP contribution < -0.4 is 12.3 Å². The van der Waals surface area contributed by atoms with Crippen LogP contribution in [-0.4, -0.2) is 0 Å². The zero-order valence-electron chi connectivity index (χ0n) is 12.7. The Labute approximate surface area is 132 Å². The second-order valence-electron chi connectivity index (χ2n) is 6.43. The molecule has 1 rings (SSSR count). The van der Waals surface area contributed by atoms with Crippen LogP contribution in [0.4, 0.5) is 0 Å². The van der Waals surface area contributed by atoms with Crippen molar-refractivity contribution in [2.75, 3.05) is 0 Å². The van der Waals surface area contributed by atoms with E-state index in [1.165, 1.54) is 19.3 Å². The second-order valence-corrected chi connectivity index (χ2v) is 27.8. The summed E-state index contributed by atoms with van der Waals surface area (Å²) in [7, 11) is 15.2. The minimum absolute atomic E-state index is 0. The topological polar surface area (TPSA) is 73.0 Å². The fraction of sp³-hybridized carbons (Fsp3) is 1.00. The van der Waals surface area contributed by atoms with Gasteiger partial charge < -0.3 is 12.3 Å². The van der Waals surface area contributed by atoms with Gasteiger partial charge in [-0.25, -0.2) is 0 Å². The van der Waals surface area contributed by atoms with E-state index in [2.05, 4.69) is 74.9 Å². The predicted octanol–water partition coefficient (Wildman–Crippen LogP) is 5.90. The van der Waals surface area contributed by atoms with Crippen molar-refractivity contribution in [3.63, 3.8) is 0 Å². The van der Waals surface area contributed by atoms with Gasteiger partial charge in [-0.1, -0.05) is 34.6 Å². The van der Waals surface area contributed by atoms with Crippen LogP contribution in [0.15, 0.2) is 0 Å². The van der Waals surface area contributed by atoms with Crippen molar-refractivity contribution < 1.29 is 9.86 Å². The maximum absolute atomic E-state index is 4.46. The van der Waals surface area contributed by atoms with Gasteiger partial charge in [0.1, 0.15) is 0 Å². The van der Waals surface area contributed by atoms with E-state index in [4.69, 9.17) is 0 Å². The first-order valence-electron chi connectivity index (χ1n) is 5.47. The van der Waals surface area contributed by atoms with Crippen molar-refractivity contribution in [3.05, 3.63) is 0 Å². The quantitative estimate of drug-likeness (QED) is 0.382. The standard InChI is InChI=1S/C11H22.Mo.2H3N.4S/c1-9-6-10(2,3)8-11(4,5)7-9;;;;;;;/h9H,6-8H2,1-5H3;;2*1H3;;;;/q;;;;;;2*-1/p+2. The zero-order chi connectivity index (χ0) is 13.2. The van der Waals surface area contributed by atoms with Crippen molar-refractivity contribution in [2.45, 2.75) is 53.9 Å². The Kier molecular flexibility index (Phi) is 12.2. The summed E-state index contributed by atoms with van der Waals surface area (Å²) in [6, 6.07) is 0. The van der Waals surface area contributed by atoms with Crippen molar-refractivity contribution in [2.24, 2.45) is 16.7 Å². The van der Waals surface area contributed by atoms with Gasteiger partial charge in [-0.3, -0.25) is 0 Å². The number of hydrogen-bond donors (Lipinski definition) is 2. The molecule has 0 aromatic rings. The van der Waals surface area contributed by atoms with E-state index in [0.717, 1.165) is 5.92 Å². The van der Waals surface area contributed by atoms with Gasteiger partial charge in [0.25, 0.3) is 0 Å². The molecule has 1 aliphatic carbocycles. The van der Waals surface area contributed by atoms with Crippen LogP contribution in [0.5, 0.6) is 0 Å². The number of hydrogen-bond acceptors (Lipinski definition) is 4. The van der Waals surface area contributed by atoms with Crippen LogP contribution in [-0.2, 0) is 30.5 Å². The fourth-order valence-corrected chi connectivity index (χ4v) is 3.40. The molecular formula is C11H30MoN2S4. The van der Waals surface area contributed by atoms with Crippen LogP contribution in [0, 0.1) is 16.7 Å². The second kappa shape index (κ2) is 8.91. The third-order valence-electron chi connectivity index (χ3n) is 2.76. The summed E-state index contributed by atoms with van der Waals surface area (Å²) in [6.45, 7) is 12.0. The normalized spacial score (nSPS) is 21.7. The molecule has 0 amide bonds. The van der Waals surface area contributed by atoms with Crippen LogP contribution >= 0.6 is 19.6 Å². The zero-order valence-corrected chi connectivity index (χ0v) is 18.0. The van der Waals surface area contributed by atoms with Gasteiger partial charge in [-0.15, -0.1) is 0 Å². The minimum atomic E-state index is -2.69. The van der Waals surface area contributed by atoms with Crippen LogP contribution in [0.3, 0.4) is 0 Å². The molecule has 18 heavy (non-hydrogen) atoms. The molecule has 0 heterocycles. The first-order chi connectivity index (χ1) is 6.81. The average Bonchev–Trinajstić information content (AvgIpc) is 1.69. The van der Waals surface area contributed by atoms with E-state index < -0.39 is 9.86 Å². The van der Waals surface area contributed by atoms with Crippen molar-refractivity contribution in [1.82, 2.24) is 12.3 Å². The monoisotopic (exact) mass is 416 g/mol. The molecular weight excluding hydrogens is 384 g/mol. The van der Waals surface area contributed by atoms with Gasteiger partial charge in [0.05, 0.1) is 0 Å². The first kappa shape index (κ1) is 24.7. The van der Waals surface area contributed by atoms with Gasteiger partial charge in [0, 0.05) is 0 Å². The number of quaternary nitrogens is 2. The molecule has 1 saturated carbocycles. The molecule has 0 aromatic carbocycles. The van der Waals surface area contributed by atoms with Crippen LogP contribution in [0.2, 0.25) is 0 Å². The van der Waals surface area contributed by atoms with Crippen LogP contribution in [0.1, 0.15) is 53.9 Å². The SMILES string of the molecule is CC1CC(C)(C)CC(C)(C)C1.[NH4+].[NH4+].[S]=[Mo](=[S])([S-])[S-]. The van der Waals surface area contributed by atoms with E-state index in [1.807, 2.05) is 0 Å². The number of rotatable bonds is 0. The third kappa shape index (κ3) is 15.8. The average molecular weight is 415 g/mol. The van der Waals surface area contributed by atoms with Crippen molar-refractivity contribution in [3.8, 4) is 0 Å². The molecule has 7 heteroatoms. The summed E-state index contributed by atoms with van der Waals surface area (Å²) in [5.74, 6) is 0.925. The Morgan fingerprint density at radius 2 is 1.17 bits per heavy atom. The summed E-state index contributed by atoms with van der Waals surface area (Å²) in [5.41, 5.74) is 1.17. The predicted molar refractivity (Wildman–Crippen MR) is 92.5 cm³/mol. The molecule has 1 aliphatic rings. The molecule has 0 atom stereocenters. The molecule has 0 saturated heterocycles. The summed E-state index contributed by atoms with van der Waals surface area (Å²) >= 11 is 0. The Morgan fingerprint density at radius 3 is 1.33 bits per heavy atom. The molecule has 8 N–H and O–H groups in total. The molecule has 0 bridgehead atoms. The summed E-state index contributed by atoms with van der Waals surface area (Å²) in [5, 5.41) is 0. The Balaban J connectivity index is -0.000000282. The van der Waals surface area contributed by atoms with Crippen LogP contribution in [0.25, 0.3) is 0 Å².